The van der Waals surface area contributed by atoms with Crippen LogP contribution in [0.1, 0.15) is 27.0 Å². The Morgan fingerprint density at radius 3 is 2.40 bits per heavy atom. The van der Waals surface area contributed by atoms with Crippen molar-refractivity contribution in [3.63, 3.8) is 0 Å². The van der Waals surface area contributed by atoms with Crippen LogP contribution in [0.3, 0.4) is 0 Å². The van der Waals surface area contributed by atoms with Crippen molar-refractivity contribution in [3.05, 3.63) is 89.2 Å². The minimum absolute atomic E-state index is 0.137. The van der Waals surface area contributed by atoms with Gasteiger partial charge in [0.1, 0.15) is 0 Å². The van der Waals surface area contributed by atoms with Crippen molar-refractivity contribution in [2.45, 2.75) is 20.4 Å². The molecular weight excluding hydrogens is 310 g/mol. The summed E-state index contributed by atoms with van der Waals surface area (Å²) in [5, 5.41) is 6.29. The first-order valence-electron chi connectivity index (χ1n) is 8.24. The van der Waals surface area contributed by atoms with Crippen molar-refractivity contribution < 1.29 is 4.79 Å². The zero-order chi connectivity index (χ0) is 17.6. The number of aryl methyl sites for hydroxylation is 2. The lowest BCUT2D eigenvalue weighted by atomic mass is 10.1. The van der Waals surface area contributed by atoms with Gasteiger partial charge in [-0.25, -0.2) is 0 Å². The van der Waals surface area contributed by atoms with Gasteiger partial charge in [0.2, 0.25) is 0 Å². The smallest absolute Gasteiger partial charge is 0.253 e. The molecule has 0 aliphatic carbocycles. The first-order valence-corrected chi connectivity index (χ1v) is 8.24. The first kappa shape index (κ1) is 16.7. The molecular formula is C21H21N3O. The third kappa shape index (κ3) is 4.23. The fourth-order valence-electron chi connectivity index (χ4n) is 2.67. The Morgan fingerprint density at radius 1 is 0.960 bits per heavy atom. The average molecular weight is 331 g/mol. The Balaban J connectivity index is 1.72. The van der Waals surface area contributed by atoms with E-state index in [9.17, 15) is 4.79 Å². The highest BCUT2D eigenvalue weighted by molar-refractivity contribution is 5.94. The highest BCUT2D eigenvalue weighted by Crippen LogP contribution is 2.24. The first-order chi connectivity index (χ1) is 12.1. The Hall–Kier alpha value is -3.14. The lowest BCUT2D eigenvalue weighted by Gasteiger charge is -2.13. The van der Waals surface area contributed by atoms with Gasteiger partial charge in [0.05, 0.1) is 17.4 Å². The highest BCUT2D eigenvalue weighted by Gasteiger charge is 2.08. The number of hydrogen-bond donors (Lipinski definition) is 2. The van der Waals surface area contributed by atoms with Gasteiger partial charge < -0.3 is 10.6 Å². The number of carbonyl (C=O) groups excluding carboxylic acids is 1. The van der Waals surface area contributed by atoms with Gasteiger partial charge in [0, 0.05) is 18.4 Å². The summed E-state index contributed by atoms with van der Waals surface area (Å²) in [6.45, 7) is 4.60. The number of benzene rings is 2. The van der Waals surface area contributed by atoms with Crippen molar-refractivity contribution in [3.8, 4) is 0 Å². The monoisotopic (exact) mass is 331 g/mol. The number of anilines is 2. The Bertz CT molecular complexity index is 855. The van der Waals surface area contributed by atoms with Crippen molar-refractivity contribution in [1.82, 2.24) is 10.3 Å². The molecule has 0 spiro atoms. The van der Waals surface area contributed by atoms with Crippen LogP contribution in [0.5, 0.6) is 0 Å². The normalized spacial score (nSPS) is 10.3. The molecule has 0 aliphatic rings. The van der Waals surface area contributed by atoms with E-state index in [4.69, 9.17) is 0 Å². The average Bonchev–Trinajstić information content (AvgIpc) is 2.64. The zero-order valence-corrected chi connectivity index (χ0v) is 14.4. The van der Waals surface area contributed by atoms with Crippen LogP contribution in [0.25, 0.3) is 0 Å². The van der Waals surface area contributed by atoms with E-state index in [2.05, 4.69) is 41.6 Å². The SMILES string of the molecule is Cc1cccc(C)c1Nc1cncc(C(=O)NCc2ccccc2)c1. The molecule has 126 valence electrons. The van der Waals surface area contributed by atoms with E-state index < -0.39 is 0 Å². The van der Waals surface area contributed by atoms with Crippen LogP contribution in [0.4, 0.5) is 11.4 Å². The van der Waals surface area contributed by atoms with E-state index in [-0.39, 0.29) is 5.91 Å². The highest BCUT2D eigenvalue weighted by atomic mass is 16.1. The Labute approximate surface area is 147 Å². The van der Waals surface area contributed by atoms with E-state index in [1.54, 1.807) is 12.4 Å². The molecule has 3 aromatic rings. The molecule has 0 fully saturated rings. The number of carbonyl (C=O) groups is 1. The lowest BCUT2D eigenvalue weighted by Crippen LogP contribution is -2.23. The fourth-order valence-corrected chi connectivity index (χ4v) is 2.67. The van der Waals surface area contributed by atoms with E-state index in [1.807, 2.05) is 42.5 Å². The van der Waals surface area contributed by atoms with Crippen LogP contribution in [-0.4, -0.2) is 10.9 Å². The molecule has 0 aliphatic heterocycles. The molecule has 0 radical (unpaired) electrons. The number of amides is 1. The van der Waals surface area contributed by atoms with Crippen molar-refractivity contribution in [2.75, 3.05) is 5.32 Å². The molecule has 0 bridgehead atoms. The van der Waals surface area contributed by atoms with E-state index >= 15 is 0 Å². The number of rotatable bonds is 5. The van der Waals surface area contributed by atoms with Crippen LogP contribution >= 0.6 is 0 Å². The topological polar surface area (TPSA) is 54.0 Å². The summed E-state index contributed by atoms with van der Waals surface area (Å²) in [6.07, 6.45) is 3.30. The van der Waals surface area contributed by atoms with Gasteiger partial charge in [-0.05, 0) is 36.6 Å². The van der Waals surface area contributed by atoms with Gasteiger partial charge in [0.15, 0.2) is 0 Å². The molecule has 4 nitrogen and oxygen atoms in total. The number of para-hydroxylation sites is 1. The molecule has 1 heterocycles. The number of aromatic nitrogens is 1. The molecule has 3 rings (SSSR count). The predicted octanol–water partition coefficient (Wildman–Crippen LogP) is 4.37. The van der Waals surface area contributed by atoms with E-state index in [1.165, 1.54) is 0 Å². The summed E-state index contributed by atoms with van der Waals surface area (Å²) in [5.41, 5.74) is 5.74. The van der Waals surface area contributed by atoms with Gasteiger partial charge in [-0.15, -0.1) is 0 Å². The number of hydrogen-bond acceptors (Lipinski definition) is 3. The number of pyridine rings is 1. The summed E-state index contributed by atoms with van der Waals surface area (Å²) in [6, 6.07) is 17.8. The standard InChI is InChI=1S/C21H21N3O/c1-15-7-6-8-16(2)20(15)24-19-11-18(13-22-14-19)21(25)23-12-17-9-4-3-5-10-17/h3-11,13-14,24H,12H2,1-2H3,(H,23,25). The molecule has 2 aromatic carbocycles. The quantitative estimate of drug-likeness (QED) is 0.730. The summed E-state index contributed by atoms with van der Waals surface area (Å²) >= 11 is 0. The molecule has 0 unspecified atom stereocenters. The second kappa shape index (κ2) is 7.62. The minimum atomic E-state index is -0.137. The van der Waals surface area contributed by atoms with Crippen molar-refractivity contribution in [1.29, 1.82) is 0 Å². The second-order valence-electron chi connectivity index (χ2n) is 6.02. The maximum Gasteiger partial charge on any atom is 0.253 e. The summed E-state index contributed by atoms with van der Waals surface area (Å²) in [7, 11) is 0. The van der Waals surface area contributed by atoms with Crippen LogP contribution in [0.15, 0.2) is 67.0 Å². The van der Waals surface area contributed by atoms with Crippen LogP contribution in [0, 0.1) is 13.8 Å². The van der Waals surface area contributed by atoms with E-state index in [0.717, 1.165) is 28.1 Å². The molecule has 25 heavy (non-hydrogen) atoms. The predicted molar refractivity (Wildman–Crippen MR) is 101 cm³/mol. The van der Waals surface area contributed by atoms with Gasteiger partial charge >= 0.3 is 0 Å². The molecule has 0 saturated heterocycles. The van der Waals surface area contributed by atoms with E-state index in [0.29, 0.717) is 12.1 Å². The molecule has 1 amide bonds. The maximum absolute atomic E-state index is 12.4. The fraction of sp³-hybridized carbons (Fsp3) is 0.143. The third-order valence-corrected chi connectivity index (χ3v) is 4.05. The minimum Gasteiger partial charge on any atom is -0.354 e. The van der Waals surface area contributed by atoms with Crippen LogP contribution in [0.2, 0.25) is 0 Å². The third-order valence-electron chi connectivity index (χ3n) is 4.05. The summed E-state index contributed by atoms with van der Waals surface area (Å²) in [4.78, 5) is 16.6. The molecule has 1 aromatic heterocycles. The second-order valence-corrected chi connectivity index (χ2v) is 6.02. The number of nitrogens with one attached hydrogen (secondary N) is 2. The van der Waals surface area contributed by atoms with Gasteiger partial charge in [-0.3, -0.25) is 9.78 Å². The molecule has 4 heteroatoms. The molecule has 0 atom stereocenters. The summed E-state index contributed by atoms with van der Waals surface area (Å²) < 4.78 is 0. The van der Waals surface area contributed by atoms with Crippen LogP contribution < -0.4 is 10.6 Å². The van der Waals surface area contributed by atoms with Gasteiger partial charge in [-0.1, -0.05) is 48.5 Å². The van der Waals surface area contributed by atoms with Gasteiger partial charge in [-0.2, -0.15) is 0 Å². The van der Waals surface area contributed by atoms with Crippen molar-refractivity contribution >= 4 is 17.3 Å². The largest absolute Gasteiger partial charge is 0.354 e. The zero-order valence-electron chi connectivity index (χ0n) is 14.4. The van der Waals surface area contributed by atoms with Gasteiger partial charge in [0.25, 0.3) is 5.91 Å². The summed E-state index contributed by atoms with van der Waals surface area (Å²) in [5.74, 6) is -0.137. The van der Waals surface area contributed by atoms with Crippen LogP contribution in [-0.2, 0) is 6.54 Å². The molecule has 2 N–H and O–H groups in total. The Morgan fingerprint density at radius 2 is 1.68 bits per heavy atom. The Kier molecular flexibility index (Phi) is 5.09. The maximum atomic E-state index is 12.4. The number of nitrogens with zero attached hydrogens (tertiary/aromatic N) is 1. The molecule has 0 saturated carbocycles. The van der Waals surface area contributed by atoms with Crippen molar-refractivity contribution in [2.24, 2.45) is 0 Å². The lowest BCUT2D eigenvalue weighted by molar-refractivity contribution is 0.0950.